The van der Waals surface area contributed by atoms with E-state index in [0.717, 1.165) is 0 Å². The van der Waals surface area contributed by atoms with Crippen molar-refractivity contribution in [2.45, 2.75) is 12.5 Å². The standard InChI is InChI=1S/C14H17NO7S/c1-21-10-2-3-12(11(6-10)14(17)18)22-7-13(16)15-9-4-5-23(19,20)8-9/h2-3,6,9H,4-5,7-8H2,1H3,(H,15,16)(H,17,18). The highest BCUT2D eigenvalue weighted by Gasteiger charge is 2.29. The Bertz CT molecular complexity index is 714. The van der Waals surface area contributed by atoms with E-state index >= 15 is 0 Å². The summed E-state index contributed by atoms with van der Waals surface area (Å²) in [5.41, 5.74) is -0.124. The molecule has 1 heterocycles. The Balaban J connectivity index is 1.95. The fourth-order valence-electron chi connectivity index (χ4n) is 2.25. The van der Waals surface area contributed by atoms with E-state index in [2.05, 4.69) is 5.32 Å². The van der Waals surface area contributed by atoms with Crippen molar-refractivity contribution in [3.63, 3.8) is 0 Å². The van der Waals surface area contributed by atoms with Gasteiger partial charge in [0.25, 0.3) is 5.91 Å². The predicted molar refractivity (Wildman–Crippen MR) is 80.6 cm³/mol. The van der Waals surface area contributed by atoms with Gasteiger partial charge in [-0.3, -0.25) is 4.79 Å². The second-order valence-electron chi connectivity index (χ2n) is 5.12. The van der Waals surface area contributed by atoms with Gasteiger partial charge in [-0.05, 0) is 24.6 Å². The first-order valence-electron chi connectivity index (χ1n) is 6.84. The van der Waals surface area contributed by atoms with Crippen LogP contribution in [-0.2, 0) is 14.6 Å². The van der Waals surface area contributed by atoms with Crippen LogP contribution >= 0.6 is 0 Å². The molecule has 0 saturated carbocycles. The quantitative estimate of drug-likeness (QED) is 0.750. The number of rotatable bonds is 6. The van der Waals surface area contributed by atoms with Gasteiger partial charge in [0.05, 0.1) is 18.6 Å². The van der Waals surface area contributed by atoms with Crippen LogP contribution in [0.25, 0.3) is 0 Å². The highest BCUT2D eigenvalue weighted by molar-refractivity contribution is 7.91. The van der Waals surface area contributed by atoms with Gasteiger partial charge in [-0.25, -0.2) is 13.2 Å². The zero-order chi connectivity index (χ0) is 17.0. The maximum Gasteiger partial charge on any atom is 0.339 e. The monoisotopic (exact) mass is 343 g/mol. The molecule has 23 heavy (non-hydrogen) atoms. The zero-order valence-electron chi connectivity index (χ0n) is 12.4. The number of carboxylic acids is 1. The highest BCUT2D eigenvalue weighted by atomic mass is 32.2. The average Bonchev–Trinajstić information content (AvgIpc) is 2.83. The fraction of sp³-hybridized carbons (Fsp3) is 0.429. The van der Waals surface area contributed by atoms with E-state index in [4.69, 9.17) is 14.6 Å². The largest absolute Gasteiger partial charge is 0.497 e. The third kappa shape index (κ3) is 4.59. The Kier molecular flexibility index (Phi) is 5.09. The summed E-state index contributed by atoms with van der Waals surface area (Å²) in [6.07, 6.45) is 0.372. The normalized spacial score (nSPS) is 19.1. The summed E-state index contributed by atoms with van der Waals surface area (Å²) in [5, 5.41) is 11.7. The molecule has 126 valence electrons. The SMILES string of the molecule is COc1ccc(OCC(=O)NC2CCS(=O)(=O)C2)c(C(=O)O)c1. The molecule has 0 radical (unpaired) electrons. The number of amides is 1. The molecule has 0 bridgehead atoms. The van der Waals surface area contributed by atoms with Crippen LogP contribution in [0, 0.1) is 0 Å². The third-order valence-corrected chi connectivity index (χ3v) is 5.14. The van der Waals surface area contributed by atoms with Crippen LogP contribution in [0.1, 0.15) is 16.8 Å². The average molecular weight is 343 g/mol. The molecule has 2 rings (SSSR count). The van der Waals surface area contributed by atoms with Crippen molar-refractivity contribution < 1.29 is 32.6 Å². The predicted octanol–water partition coefficient (Wildman–Crippen LogP) is 0.0755. The molecule has 1 fully saturated rings. The van der Waals surface area contributed by atoms with Gasteiger partial charge in [0.15, 0.2) is 16.4 Å². The summed E-state index contributed by atoms with van der Waals surface area (Å²) in [7, 11) is -1.67. The molecular formula is C14H17NO7S. The summed E-state index contributed by atoms with van der Waals surface area (Å²) in [6, 6.07) is 3.78. The van der Waals surface area contributed by atoms with Crippen LogP contribution in [0.4, 0.5) is 0 Å². The van der Waals surface area contributed by atoms with E-state index in [1.807, 2.05) is 0 Å². The molecule has 1 aliphatic heterocycles. The summed E-state index contributed by atoms with van der Waals surface area (Å²) in [5.74, 6) is -1.34. The molecule has 0 aliphatic carbocycles. The molecule has 1 aromatic carbocycles. The molecule has 1 amide bonds. The van der Waals surface area contributed by atoms with Crippen LogP contribution in [0.5, 0.6) is 11.5 Å². The number of hydrogen-bond donors (Lipinski definition) is 2. The van der Waals surface area contributed by atoms with Crippen LogP contribution in [-0.4, -0.2) is 56.7 Å². The summed E-state index contributed by atoms with van der Waals surface area (Å²) >= 11 is 0. The van der Waals surface area contributed by atoms with Gasteiger partial charge < -0.3 is 19.9 Å². The van der Waals surface area contributed by atoms with E-state index in [1.54, 1.807) is 0 Å². The van der Waals surface area contributed by atoms with Gasteiger partial charge in [0.1, 0.15) is 17.1 Å². The zero-order valence-corrected chi connectivity index (χ0v) is 13.3. The lowest BCUT2D eigenvalue weighted by Crippen LogP contribution is -2.38. The number of benzene rings is 1. The van der Waals surface area contributed by atoms with E-state index in [9.17, 15) is 18.0 Å². The maximum atomic E-state index is 11.8. The van der Waals surface area contributed by atoms with Crippen LogP contribution < -0.4 is 14.8 Å². The summed E-state index contributed by atoms with van der Waals surface area (Å²) in [4.78, 5) is 23.0. The minimum Gasteiger partial charge on any atom is -0.497 e. The lowest BCUT2D eigenvalue weighted by molar-refractivity contribution is -0.123. The second-order valence-corrected chi connectivity index (χ2v) is 7.35. The highest BCUT2D eigenvalue weighted by Crippen LogP contribution is 2.24. The van der Waals surface area contributed by atoms with Crippen LogP contribution in [0.2, 0.25) is 0 Å². The van der Waals surface area contributed by atoms with Gasteiger partial charge >= 0.3 is 5.97 Å². The number of carbonyl (C=O) groups excluding carboxylic acids is 1. The molecule has 2 N–H and O–H groups in total. The van der Waals surface area contributed by atoms with Crippen molar-refractivity contribution in [1.82, 2.24) is 5.32 Å². The topological polar surface area (TPSA) is 119 Å². The van der Waals surface area contributed by atoms with Crippen molar-refractivity contribution in [1.29, 1.82) is 0 Å². The maximum absolute atomic E-state index is 11.8. The van der Waals surface area contributed by atoms with Crippen molar-refractivity contribution in [3.8, 4) is 11.5 Å². The van der Waals surface area contributed by atoms with E-state index < -0.39 is 34.4 Å². The molecule has 0 aromatic heterocycles. The molecule has 8 nitrogen and oxygen atoms in total. The number of nitrogens with one attached hydrogen (secondary N) is 1. The Morgan fingerprint density at radius 3 is 2.70 bits per heavy atom. The smallest absolute Gasteiger partial charge is 0.339 e. The first kappa shape index (κ1) is 17.1. The van der Waals surface area contributed by atoms with Crippen molar-refractivity contribution in [3.05, 3.63) is 23.8 Å². The molecule has 9 heteroatoms. The number of aromatic carboxylic acids is 1. The van der Waals surface area contributed by atoms with Crippen molar-refractivity contribution in [2.24, 2.45) is 0 Å². The molecule has 1 aliphatic rings. The van der Waals surface area contributed by atoms with Gasteiger partial charge in [-0.2, -0.15) is 0 Å². The number of sulfone groups is 1. The number of methoxy groups -OCH3 is 1. The van der Waals surface area contributed by atoms with Crippen molar-refractivity contribution in [2.75, 3.05) is 25.2 Å². The number of hydrogen-bond acceptors (Lipinski definition) is 6. The van der Waals surface area contributed by atoms with Gasteiger partial charge in [0, 0.05) is 6.04 Å². The Hall–Kier alpha value is -2.29. The second kappa shape index (κ2) is 6.86. The van der Waals surface area contributed by atoms with E-state index in [0.29, 0.717) is 12.2 Å². The number of ether oxygens (including phenoxy) is 2. The first-order chi connectivity index (χ1) is 10.8. The van der Waals surface area contributed by atoms with Crippen LogP contribution in [0.15, 0.2) is 18.2 Å². The molecule has 1 unspecified atom stereocenters. The Morgan fingerprint density at radius 1 is 1.39 bits per heavy atom. The lowest BCUT2D eigenvalue weighted by atomic mass is 10.2. The molecular weight excluding hydrogens is 326 g/mol. The van der Waals surface area contributed by atoms with Gasteiger partial charge in [-0.15, -0.1) is 0 Å². The Labute approximate surface area is 133 Å². The molecule has 0 spiro atoms. The number of carboxylic acid groups (broad SMARTS) is 1. The molecule has 1 aromatic rings. The van der Waals surface area contributed by atoms with Gasteiger partial charge in [-0.1, -0.05) is 0 Å². The number of carbonyl (C=O) groups is 2. The van der Waals surface area contributed by atoms with Gasteiger partial charge in [0.2, 0.25) is 0 Å². The van der Waals surface area contributed by atoms with E-state index in [1.165, 1.54) is 25.3 Å². The van der Waals surface area contributed by atoms with Crippen LogP contribution in [0.3, 0.4) is 0 Å². The minimum absolute atomic E-state index is 0.0347. The minimum atomic E-state index is -3.08. The van der Waals surface area contributed by atoms with Crippen molar-refractivity contribution >= 4 is 21.7 Å². The third-order valence-electron chi connectivity index (χ3n) is 3.37. The van der Waals surface area contributed by atoms with E-state index in [-0.39, 0.29) is 22.8 Å². The molecule has 1 atom stereocenters. The lowest BCUT2D eigenvalue weighted by Gasteiger charge is -2.13. The summed E-state index contributed by atoms with van der Waals surface area (Å²) in [6.45, 7) is -0.400. The summed E-state index contributed by atoms with van der Waals surface area (Å²) < 4.78 is 32.8. The molecule has 1 saturated heterocycles. The first-order valence-corrected chi connectivity index (χ1v) is 8.67. The fourth-order valence-corrected chi connectivity index (χ4v) is 3.92. The Morgan fingerprint density at radius 2 is 2.13 bits per heavy atom.